The zero-order valence-electron chi connectivity index (χ0n) is 20.9. The van der Waals surface area contributed by atoms with Gasteiger partial charge in [0.05, 0.1) is 42.5 Å². The van der Waals surface area contributed by atoms with Crippen LogP contribution in [-0.2, 0) is 0 Å². The van der Waals surface area contributed by atoms with Crippen molar-refractivity contribution in [2.24, 2.45) is 0 Å². The van der Waals surface area contributed by atoms with E-state index in [1.807, 2.05) is 4.90 Å². The van der Waals surface area contributed by atoms with Crippen LogP contribution in [0.1, 0.15) is 42.0 Å². The van der Waals surface area contributed by atoms with Gasteiger partial charge >= 0.3 is 0 Å². The molecule has 10 nitrogen and oxygen atoms in total. The minimum absolute atomic E-state index is 0.0179. The number of hydrogen-bond donors (Lipinski definition) is 2. The van der Waals surface area contributed by atoms with Gasteiger partial charge in [0, 0.05) is 25.1 Å². The maximum absolute atomic E-state index is 14.5. The molecule has 39 heavy (non-hydrogen) atoms. The fourth-order valence-corrected chi connectivity index (χ4v) is 5.14. The Hall–Kier alpha value is -4.26. The number of β-amino-alcohol motifs (C(OH)–C–C–N with tert-alkyl or cyclic N) is 1. The van der Waals surface area contributed by atoms with Crippen molar-refractivity contribution in [3.8, 4) is 0 Å². The highest BCUT2D eigenvalue weighted by Crippen LogP contribution is 2.38. The molecule has 2 aliphatic heterocycles. The Morgan fingerprint density at radius 3 is 2.67 bits per heavy atom. The molecule has 0 radical (unpaired) electrons. The molecule has 0 aliphatic carbocycles. The summed E-state index contributed by atoms with van der Waals surface area (Å²) in [6, 6.07) is 5.62. The number of aliphatic hydroxyl groups is 1. The molecule has 1 amide bonds. The van der Waals surface area contributed by atoms with Gasteiger partial charge in [-0.2, -0.15) is 4.52 Å². The number of hydrogen-bond acceptors (Lipinski definition) is 8. The zero-order valence-corrected chi connectivity index (χ0v) is 20.9. The SMILES string of the molecule is CC1(O)CCN(c2cnc(C(=O)Nc3cnc4ccc(N5C[C@@H](F)C[C@@H]5c5cc(F)ccc5F)nn34)nc2)C1. The number of fused-ring (bicyclic) bond motifs is 1. The van der Waals surface area contributed by atoms with Gasteiger partial charge in [-0.05, 0) is 43.7 Å². The lowest BCUT2D eigenvalue weighted by molar-refractivity contribution is 0.0839. The van der Waals surface area contributed by atoms with Gasteiger partial charge in [0.15, 0.2) is 11.5 Å². The Morgan fingerprint density at radius 2 is 1.92 bits per heavy atom. The molecule has 6 rings (SSSR count). The molecule has 0 bridgehead atoms. The van der Waals surface area contributed by atoms with E-state index in [4.69, 9.17) is 0 Å². The summed E-state index contributed by atoms with van der Waals surface area (Å²) in [4.78, 5) is 29.0. The van der Waals surface area contributed by atoms with Crippen molar-refractivity contribution in [3.63, 3.8) is 0 Å². The molecule has 1 unspecified atom stereocenters. The number of halogens is 3. The number of benzene rings is 1. The maximum Gasteiger partial charge on any atom is 0.294 e. The van der Waals surface area contributed by atoms with Crippen molar-refractivity contribution >= 4 is 28.9 Å². The number of imidazole rings is 1. The first-order valence-corrected chi connectivity index (χ1v) is 12.5. The smallest absolute Gasteiger partial charge is 0.294 e. The first-order valence-electron chi connectivity index (χ1n) is 12.5. The van der Waals surface area contributed by atoms with Crippen LogP contribution in [0.4, 0.5) is 30.5 Å². The van der Waals surface area contributed by atoms with E-state index in [9.17, 15) is 23.1 Å². The van der Waals surface area contributed by atoms with E-state index in [0.717, 1.165) is 18.2 Å². The fraction of sp³-hybridized carbons (Fsp3) is 0.346. The highest BCUT2D eigenvalue weighted by atomic mass is 19.1. The number of nitrogens with one attached hydrogen (secondary N) is 1. The van der Waals surface area contributed by atoms with Crippen molar-refractivity contribution in [2.45, 2.75) is 37.6 Å². The normalized spacial score (nSPS) is 23.1. The monoisotopic (exact) mass is 538 g/mol. The van der Waals surface area contributed by atoms with Gasteiger partial charge in [-0.15, -0.1) is 5.10 Å². The third-order valence-corrected chi connectivity index (χ3v) is 7.11. The molecule has 5 heterocycles. The average Bonchev–Trinajstić information content (AvgIpc) is 3.61. The van der Waals surface area contributed by atoms with Crippen LogP contribution in [0.3, 0.4) is 0 Å². The summed E-state index contributed by atoms with van der Waals surface area (Å²) in [7, 11) is 0. The van der Waals surface area contributed by atoms with Crippen molar-refractivity contribution in [1.29, 1.82) is 0 Å². The molecule has 1 aromatic carbocycles. The summed E-state index contributed by atoms with van der Waals surface area (Å²) >= 11 is 0. The standard InChI is InChI=1S/C26H25F3N8O2/c1-26(39)6-7-35(14-26)17-10-31-24(32-11-17)25(38)33-23-12-30-21-4-5-22(34-37(21)23)36-13-16(28)9-20(36)18-8-15(27)2-3-19(18)29/h2-5,8,10-12,16,20,39H,6-7,9,13-14H2,1H3,(H,33,38)/t16-,20+,26?/m0/s1. The number of carbonyl (C=O) groups is 1. The average molecular weight is 539 g/mol. The summed E-state index contributed by atoms with van der Waals surface area (Å²) in [5.41, 5.74) is 0.383. The Kier molecular flexibility index (Phi) is 6.09. The number of carbonyl (C=O) groups excluding carboxylic acids is 1. The number of alkyl halides is 1. The Balaban J connectivity index is 1.23. The van der Waals surface area contributed by atoms with Crippen LogP contribution in [0.5, 0.6) is 0 Å². The lowest BCUT2D eigenvalue weighted by Crippen LogP contribution is -2.29. The zero-order chi connectivity index (χ0) is 27.3. The molecule has 2 fully saturated rings. The van der Waals surface area contributed by atoms with E-state index in [1.165, 1.54) is 23.1 Å². The third-order valence-electron chi connectivity index (χ3n) is 7.11. The minimum Gasteiger partial charge on any atom is -0.388 e. The minimum atomic E-state index is -1.26. The number of nitrogens with zero attached hydrogens (tertiary/aromatic N) is 7. The first kappa shape index (κ1) is 25.0. The number of rotatable bonds is 5. The van der Waals surface area contributed by atoms with E-state index in [1.54, 1.807) is 24.0 Å². The van der Waals surface area contributed by atoms with Gasteiger partial charge in [0.25, 0.3) is 5.91 Å². The maximum atomic E-state index is 14.5. The molecule has 13 heteroatoms. The third kappa shape index (κ3) is 4.85. The van der Waals surface area contributed by atoms with Crippen LogP contribution < -0.4 is 15.1 Å². The summed E-state index contributed by atoms with van der Waals surface area (Å²) in [5.74, 6) is -1.36. The van der Waals surface area contributed by atoms with E-state index < -0.39 is 35.4 Å². The van der Waals surface area contributed by atoms with Crippen LogP contribution in [0.15, 0.2) is 48.9 Å². The molecule has 0 spiro atoms. The summed E-state index contributed by atoms with van der Waals surface area (Å²) in [6.45, 7) is 2.82. The second kappa shape index (κ2) is 9.49. The molecular formula is C26H25F3N8O2. The summed E-state index contributed by atoms with van der Waals surface area (Å²) in [5, 5.41) is 17.4. The van der Waals surface area contributed by atoms with Crippen LogP contribution in [-0.4, -0.2) is 67.0 Å². The summed E-state index contributed by atoms with van der Waals surface area (Å²) < 4.78 is 44.3. The lowest BCUT2D eigenvalue weighted by atomic mass is 10.0. The molecule has 2 aliphatic rings. The molecule has 3 aromatic heterocycles. The Labute approximate surface area is 221 Å². The fourth-order valence-electron chi connectivity index (χ4n) is 5.14. The Morgan fingerprint density at radius 1 is 1.13 bits per heavy atom. The van der Waals surface area contributed by atoms with Crippen molar-refractivity contribution < 1.29 is 23.1 Å². The molecule has 3 atom stereocenters. The van der Waals surface area contributed by atoms with Crippen molar-refractivity contribution in [1.82, 2.24) is 24.6 Å². The highest BCUT2D eigenvalue weighted by Gasteiger charge is 2.36. The molecular weight excluding hydrogens is 513 g/mol. The van der Waals surface area contributed by atoms with Gasteiger partial charge in [-0.3, -0.25) is 4.79 Å². The van der Waals surface area contributed by atoms with E-state index >= 15 is 0 Å². The van der Waals surface area contributed by atoms with Crippen LogP contribution in [0.2, 0.25) is 0 Å². The number of aromatic nitrogens is 5. The quantitative estimate of drug-likeness (QED) is 0.398. The molecule has 4 aromatic rings. The van der Waals surface area contributed by atoms with E-state index in [-0.39, 0.29) is 30.2 Å². The topological polar surface area (TPSA) is 112 Å². The predicted octanol–water partition coefficient (Wildman–Crippen LogP) is 3.30. The largest absolute Gasteiger partial charge is 0.388 e. The van der Waals surface area contributed by atoms with Gasteiger partial charge in [0.2, 0.25) is 5.82 Å². The van der Waals surface area contributed by atoms with E-state index in [2.05, 4.69) is 25.4 Å². The summed E-state index contributed by atoms with van der Waals surface area (Å²) in [6.07, 6.45) is 3.82. The van der Waals surface area contributed by atoms with Crippen LogP contribution in [0.25, 0.3) is 5.65 Å². The molecule has 0 saturated carbocycles. The second-order valence-electron chi connectivity index (χ2n) is 10.2. The van der Waals surface area contributed by atoms with Gasteiger partial charge in [0.1, 0.15) is 23.6 Å². The second-order valence-corrected chi connectivity index (χ2v) is 10.2. The predicted molar refractivity (Wildman–Crippen MR) is 136 cm³/mol. The number of amides is 1. The lowest BCUT2D eigenvalue weighted by Gasteiger charge is -2.26. The van der Waals surface area contributed by atoms with Crippen LogP contribution >= 0.6 is 0 Å². The first-order chi connectivity index (χ1) is 18.7. The molecule has 2 N–H and O–H groups in total. The van der Waals surface area contributed by atoms with Gasteiger partial charge < -0.3 is 20.2 Å². The Bertz CT molecular complexity index is 1540. The molecule has 202 valence electrons. The van der Waals surface area contributed by atoms with Gasteiger partial charge in [-0.25, -0.2) is 28.1 Å². The number of anilines is 3. The van der Waals surface area contributed by atoms with Gasteiger partial charge in [-0.1, -0.05) is 0 Å². The van der Waals surface area contributed by atoms with Crippen LogP contribution in [0, 0.1) is 11.6 Å². The van der Waals surface area contributed by atoms with Crippen molar-refractivity contribution in [3.05, 3.63) is 71.9 Å². The molecule has 2 saturated heterocycles. The van der Waals surface area contributed by atoms with Crippen molar-refractivity contribution in [2.75, 3.05) is 34.8 Å². The van der Waals surface area contributed by atoms with E-state index in [0.29, 0.717) is 36.7 Å². The highest BCUT2D eigenvalue weighted by molar-refractivity contribution is 6.01.